The van der Waals surface area contributed by atoms with E-state index < -0.39 is 0 Å². The summed E-state index contributed by atoms with van der Waals surface area (Å²) in [5.74, 6) is -0.295. The predicted molar refractivity (Wildman–Crippen MR) is 113 cm³/mol. The normalized spacial score (nSPS) is 11.7. The molecule has 1 atom stereocenters. The number of esters is 1. The van der Waals surface area contributed by atoms with Crippen LogP contribution in [-0.2, 0) is 16.0 Å². The van der Waals surface area contributed by atoms with Gasteiger partial charge in [0.1, 0.15) is 6.61 Å². The summed E-state index contributed by atoms with van der Waals surface area (Å²) in [4.78, 5) is 16.5. The number of hydrogen-bond acceptors (Lipinski definition) is 5. The summed E-state index contributed by atoms with van der Waals surface area (Å²) < 4.78 is 4.92. The standard InChI is InChI=1S/C20H21N3O2S2/c1-14(24)25-11-10-22-20(26)23-18(19-7-4-12-27-19)13-15-8-9-21-17-6-3-2-5-16(15)17/h2-9,12,18H,10-11,13H2,1H3,(H2,22,23,26). The Morgan fingerprint density at radius 3 is 2.89 bits per heavy atom. The molecule has 0 amide bonds. The molecule has 2 heterocycles. The van der Waals surface area contributed by atoms with Gasteiger partial charge in [0, 0.05) is 23.4 Å². The molecule has 3 aromatic rings. The first-order valence-electron chi connectivity index (χ1n) is 8.67. The fourth-order valence-corrected chi connectivity index (χ4v) is 3.86. The predicted octanol–water partition coefficient (Wildman–Crippen LogP) is 3.61. The molecule has 0 radical (unpaired) electrons. The molecule has 2 aromatic heterocycles. The quantitative estimate of drug-likeness (QED) is 0.360. The van der Waals surface area contributed by atoms with Crippen LogP contribution >= 0.6 is 23.6 Å². The van der Waals surface area contributed by atoms with Crippen LogP contribution < -0.4 is 10.6 Å². The highest BCUT2D eigenvalue weighted by Gasteiger charge is 2.16. The van der Waals surface area contributed by atoms with Crippen LogP contribution in [0.2, 0.25) is 0 Å². The fourth-order valence-electron chi connectivity index (χ4n) is 2.83. The van der Waals surface area contributed by atoms with Crippen LogP contribution in [0.1, 0.15) is 23.4 Å². The molecule has 0 aliphatic rings. The minimum Gasteiger partial charge on any atom is -0.464 e. The highest BCUT2D eigenvalue weighted by atomic mass is 32.1. The van der Waals surface area contributed by atoms with Gasteiger partial charge in [-0.2, -0.15) is 0 Å². The lowest BCUT2D eigenvalue weighted by molar-refractivity contribution is -0.140. The molecule has 0 bridgehead atoms. The molecule has 2 N–H and O–H groups in total. The Bertz CT molecular complexity index is 907. The largest absolute Gasteiger partial charge is 0.464 e. The van der Waals surface area contributed by atoms with Crippen LogP contribution in [0.3, 0.4) is 0 Å². The van der Waals surface area contributed by atoms with Gasteiger partial charge < -0.3 is 15.4 Å². The second-order valence-electron chi connectivity index (χ2n) is 6.00. The van der Waals surface area contributed by atoms with E-state index in [0.717, 1.165) is 17.3 Å². The maximum absolute atomic E-state index is 10.8. The van der Waals surface area contributed by atoms with E-state index in [1.807, 2.05) is 30.5 Å². The van der Waals surface area contributed by atoms with Gasteiger partial charge in [-0.15, -0.1) is 11.3 Å². The Labute approximate surface area is 167 Å². The smallest absolute Gasteiger partial charge is 0.302 e. The van der Waals surface area contributed by atoms with Crippen LogP contribution in [0.4, 0.5) is 0 Å². The number of nitrogens with zero attached hydrogens (tertiary/aromatic N) is 1. The average molecular weight is 400 g/mol. The zero-order chi connectivity index (χ0) is 19.1. The third kappa shape index (κ3) is 5.48. The number of para-hydroxylation sites is 1. The van der Waals surface area contributed by atoms with Gasteiger partial charge in [0.25, 0.3) is 0 Å². The van der Waals surface area contributed by atoms with Gasteiger partial charge >= 0.3 is 5.97 Å². The van der Waals surface area contributed by atoms with Crippen molar-refractivity contribution < 1.29 is 9.53 Å². The minimum atomic E-state index is -0.295. The molecular formula is C20H21N3O2S2. The van der Waals surface area contributed by atoms with Crippen LogP contribution in [0.15, 0.2) is 54.0 Å². The van der Waals surface area contributed by atoms with Gasteiger partial charge in [-0.1, -0.05) is 24.3 Å². The lowest BCUT2D eigenvalue weighted by atomic mass is 10.0. The van der Waals surface area contributed by atoms with Crippen molar-refractivity contribution in [2.75, 3.05) is 13.2 Å². The van der Waals surface area contributed by atoms with E-state index in [0.29, 0.717) is 11.7 Å². The second kappa shape index (κ2) is 9.43. The number of hydrogen-bond donors (Lipinski definition) is 2. The Morgan fingerprint density at radius 2 is 2.11 bits per heavy atom. The summed E-state index contributed by atoms with van der Waals surface area (Å²) in [5.41, 5.74) is 2.20. The van der Waals surface area contributed by atoms with Crippen LogP contribution in [0.25, 0.3) is 10.9 Å². The molecule has 5 nitrogen and oxygen atoms in total. The Morgan fingerprint density at radius 1 is 1.26 bits per heavy atom. The SMILES string of the molecule is CC(=O)OCCNC(=S)NC(Cc1ccnc2ccccc12)c1cccs1. The van der Waals surface area contributed by atoms with Crippen molar-refractivity contribution >= 4 is 45.5 Å². The van der Waals surface area contributed by atoms with Crippen molar-refractivity contribution in [1.82, 2.24) is 15.6 Å². The van der Waals surface area contributed by atoms with E-state index in [1.54, 1.807) is 11.3 Å². The number of fused-ring (bicyclic) bond motifs is 1. The highest BCUT2D eigenvalue weighted by molar-refractivity contribution is 7.80. The van der Waals surface area contributed by atoms with Crippen molar-refractivity contribution in [1.29, 1.82) is 0 Å². The molecule has 0 aliphatic carbocycles. The zero-order valence-corrected chi connectivity index (χ0v) is 16.6. The molecule has 0 saturated carbocycles. The highest BCUT2D eigenvalue weighted by Crippen LogP contribution is 2.26. The maximum atomic E-state index is 10.8. The topological polar surface area (TPSA) is 63.2 Å². The molecule has 0 aliphatic heterocycles. The summed E-state index contributed by atoms with van der Waals surface area (Å²) in [6, 6.07) is 14.4. The molecule has 1 unspecified atom stereocenters. The number of carbonyl (C=O) groups excluding carboxylic acids is 1. The minimum absolute atomic E-state index is 0.0459. The Balaban J connectivity index is 1.71. The summed E-state index contributed by atoms with van der Waals surface area (Å²) >= 11 is 7.12. The summed E-state index contributed by atoms with van der Waals surface area (Å²) in [7, 11) is 0. The fraction of sp³-hybridized carbons (Fsp3) is 0.250. The Hall–Kier alpha value is -2.51. The van der Waals surface area contributed by atoms with Crippen molar-refractivity contribution in [3.63, 3.8) is 0 Å². The van der Waals surface area contributed by atoms with Gasteiger partial charge in [0.2, 0.25) is 0 Å². The third-order valence-corrected chi connectivity index (χ3v) is 5.30. The van der Waals surface area contributed by atoms with Gasteiger partial charge in [-0.25, -0.2) is 0 Å². The van der Waals surface area contributed by atoms with Crippen LogP contribution in [0, 0.1) is 0 Å². The molecular weight excluding hydrogens is 378 g/mol. The molecule has 0 fully saturated rings. The van der Waals surface area contributed by atoms with Crippen LogP contribution in [-0.4, -0.2) is 29.2 Å². The number of nitrogens with one attached hydrogen (secondary N) is 2. The number of carbonyl (C=O) groups is 1. The zero-order valence-electron chi connectivity index (χ0n) is 15.0. The van der Waals surface area contributed by atoms with E-state index in [-0.39, 0.29) is 18.6 Å². The third-order valence-electron chi connectivity index (χ3n) is 4.05. The number of pyridine rings is 1. The lowest BCUT2D eigenvalue weighted by Gasteiger charge is -2.21. The molecule has 1 aromatic carbocycles. The molecule has 3 rings (SSSR count). The number of benzene rings is 1. The number of ether oxygens (including phenoxy) is 1. The molecule has 140 valence electrons. The van der Waals surface area contributed by atoms with Crippen LogP contribution in [0.5, 0.6) is 0 Å². The number of rotatable bonds is 7. The van der Waals surface area contributed by atoms with Gasteiger partial charge in [-0.3, -0.25) is 9.78 Å². The van der Waals surface area contributed by atoms with Crippen molar-refractivity contribution in [2.45, 2.75) is 19.4 Å². The summed E-state index contributed by atoms with van der Waals surface area (Å²) in [5, 5.41) is 10.2. The summed E-state index contributed by atoms with van der Waals surface area (Å²) in [6.45, 7) is 2.15. The monoisotopic (exact) mass is 399 g/mol. The van der Waals surface area contributed by atoms with E-state index in [9.17, 15) is 4.79 Å². The average Bonchev–Trinajstić information content (AvgIpc) is 3.19. The molecule has 27 heavy (non-hydrogen) atoms. The first kappa shape index (κ1) is 19.3. The second-order valence-corrected chi connectivity index (χ2v) is 7.39. The van der Waals surface area contributed by atoms with E-state index >= 15 is 0 Å². The lowest BCUT2D eigenvalue weighted by Crippen LogP contribution is -2.39. The van der Waals surface area contributed by atoms with Crippen molar-refractivity contribution in [3.8, 4) is 0 Å². The Kier molecular flexibility index (Phi) is 6.73. The number of thiocarbonyl (C=S) groups is 1. The van der Waals surface area contributed by atoms with E-state index in [1.165, 1.54) is 17.4 Å². The maximum Gasteiger partial charge on any atom is 0.302 e. The molecule has 0 spiro atoms. The molecule has 0 saturated heterocycles. The van der Waals surface area contributed by atoms with Gasteiger partial charge in [-0.05, 0) is 47.8 Å². The first-order valence-corrected chi connectivity index (χ1v) is 9.96. The molecule has 7 heteroatoms. The number of thiophene rings is 1. The van der Waals surface area contributed by atoms with E-state index in [2.05, 4.69) is 39.2 Å². The summed E-state index contributed by atoms with van der Waals surface area (Å²) in [6.07, 6.45) is 2.63. The van der Waals surface area contributed by atoms with E-state index in [4.69, 9.17) is 17.0 Å². The van der Waals surface area contributed by atoms with Crippen molar-refractivity contribution in [2.24, 2.45) is 0 Å². The first-order chi connectivity index (χ1) is 13.1. The van der Waals surface area contributed by atoms with Gasteiger partial charge in [0.15, 0.2) is 5.11 Å². The number of aromatic nitrogens is 1. The van der Waals surface area contributed by atoms with Gasteiger partial charge in [0.05, 0.1) is 18.1 Å². The van der Waals surface area contributed by atoms with Crippen molar-refractivity contribution in [3.05, 3.63) is 64.5 Å².